The number of fused-ring (bicyclic) bond motifs is 1. The number of aliphatic imine (C=N–C) groups is 1. The molecule has 2 aromatic rings. The molecule has 4 aliphatic heterocycles. The molecular weight excluding hydrogens is 532 g/mol. The van der Waals surface area contributed by atoms with Gasteiger partial charge in [-0.3, -0.25) is 30.2 Å². The summed E-state index contributed by atoms with van der Waals surface area (Å²) in [5, 5.41) is 31.9. The Morgan fingerprint density at radius 2 is 2.05 bits per heavy atom. The molecule has 0 aliphatic carbocycles. The number of aromatic nitrogens is 2. The molecule has 0 bridgehead atoms. The molecule has 15 heteroatoms. The van der Waals surface area contributed by atoms with Gasteiger partial charge in [-0.05, 0) is 17.9 Å². The number of nitrogens with two attached hydrogens (primary N) is 2. The van der Waals surface area contributed by atoms with E-state index in [0.717, 1.165) is 12.0 Å². The predicted molar refractivity (Wildman–Crippen MR) is 144 cm³/mol. The zero-order chi connectivity index (χ0) is 29.2. The number of nitrogens with zero attached hydrogens (tertiary/aromatic N) is 4. The average Bonchev–Trinajstić information content (AvgIpc) is 3.41. The molecule has 0 radical (unpaired) electrons. The van der Waals surface area contributed by atoms with E-state index in [-0.39, 0.29) is 36.1 Å². The normalized spacial score (nSPS) is 28.6. The Hall–Kier alpha value is -4.50. The lowest BCUT2D eigenvalue weighted by Crippen LogP contribution is -2.90. The summed E-state index contributed by atoms with van der Waals surface area (Å²) < 4.78 is 5.89. The van der Waals surface area contributed by atoms with Crippen LogP contribution in [0.2, 0.25) is 0 Å². The number of ether oxygens (including phenoxy) is 1. The summed E-state index contributed by atoms with van der Waals surface area (Å²) in [5.74, 6) is -3.09. The summed E-state index contributed by atoms with van der Waals surface area (Å²) in [6.45, 7) is 4.51. The predicted octanol–water partition coefficient (Wildman–Crippen LogP) is -4.18. The summed E-state index contributed by atoms with van der Waals surface area (Å²) in [4.78, 5) is 43.0. The monoisotopic (exact) mass is 565 g/mol. The molecule has 10 N–H and O–H groups in total. The van der Waals surface area contributed by atoms with Gasteiger partial charge in [-0.1, -0.05) is 26.0 Å². The summed E-state index contributed by atoms with van der Waals surface area (Å²) in [6.07, 6.45) is 4.97. The Labute approximate surface area is 235 Å². The molecule has 2 amide bonds. The van der Waals surface area contributed by atoms with Crippen LogP contribution in [0.1, 0.15) is 46.7 Å². The van der Waals surface area contributed by atoms with Gasteiger partial charge in [0.25, 0.3) is 17.5 Å². The van der Waals surface area contributed by atoms with E-state index in [1.807, 2.05) is 6.07 Å². The summed E-state index contributed by atoms with van der Waals surface area (Å²) in [7, 11) is 0. The number of aliphatic hydroxyl groups is 2. The number of hydrogen-bond acceptors (Lipinski definition) is 12. The van der Waals surface area contributed by atoms with E-state index in [1.165, 1.54) is 23.5 Å². The van der Waals surface area contributed by atoms with Crippen molar-refractivity contribution in [2.45, 2.75) is 55.3 Å². The first-order valence-corrected chi connectivity index (χ1v) is 13.3. The Bertz CT molecular complexity index is 1460. The van der Waals surface area contributed by atoms with Gasteiger partial charge >= 0.3 is 5.96 Å². The van der Waals surface area contributed by atoms with E-state index in [2.05, 4.69) is 49.8 Å². The fourth-order valence-electron chi connectivity index (χ4n) is 6.23. The van der Waals surface area contributed by atoms with Crippen LogP contribution in [0.3, 0.4) is 0 Å². The van der Waals surface area contributed by atoms with Gasteiger partial charge in [-0.2, -0.15) is 0 Å². The molecule has 216 valence electrons. The highest BCUT2D eigenvalue weighted by Crippen LogP contribution is 2.43. The van der Waals surface area contributed by atoms with E-state index in [1.54, 1.807) is 12.1 Å². The second-order valence-electron chi connectivity index (χ2n) is 11.3. The van der Waals surface area contributed by atoms with Crippen molar-refractivity contribution in [1.82, 2.24) is 30.8 Å². The fourth-order valence-corrected chi connectivity index (χ4v) is 6.23. The number of nitrogens with one attached hydrogen (secondary N) is 4. The zero-order valence-electron chi connectivity index (χ0n) is 22.6. The number of carbonyl (C=O) groups excluding carboxylic acids is 2. The molecule has 2 unspecified atom stereocenters. The molecule has 41 heavy (non-hydrogen) atoms. The largest absolute Gasteiger partial charge is 0.492 e. The fraction of sp³-hybridized carbons (Fsp3) is 0.462. The van der Waals surface area contributed by atoms with Gasteiger partial charge in [0.05, 0.1) is 24.9 Å². The Morgan fingerprint density at radius 1 is 1.24 bits per heavy atom. The number of rotatable bonds is 5. The van der Waals surface area contributed by atoms with E-state index in [9.17, 15) is 19.8 Å². The first-order valence-electron chi connectivity index (χ1n) is 13.3. The minimum atomic E-state index is -2.59. The molecule has 15 nitrogen and oxygen atoms in total. The summed E-state index contributed by atoms with van der Waals surface area (Å²) in [6, 6.07) is 2.51. The lowest BCUT2D eigenvalue weighted by atomic mass is 9.79. The summed E-state index contributed by atoms with van der Waals surface area (Å²) >= 11 is 0. The maximum absolute atomic E-state index is 13.6. The first-order chi connectivity index (χ1) is 19.5. The van der Waals surface area contributed by atoms with Gasteiger partial charge in [0, 0.05) is 24.5 Å². The number of carbonyl (C=O) groups is 2. The molecule has 1 aromatic heterocycles. The van der Waals surface area contributed by atoms with Crippen LogP contribution in [0.4, 0.5) is 0 Å². The van der Waals surface area contributed by atoms with Gasteiger partial charge < -0.3 is 31.3 Å². The van der Waals surface area contributed by atoms with Crippen molar-refractivity contribution in [2.75, 3.05) is 19.7 Å². The van der Waals surface area contributed by atoms with Gasteiger partial charge in [0.2, 0.25) is 5.79 Å². The molecule has 5 heterocycles. The van der Waals surface area contributed by atoms with Crippen molar-refractivity contribution < 1.29 is 29.5 Å². The zero-order valence-corrected chi connectivity index (χ0v) is 22.6. The highest BCUT2D eigenvalue weighted by Gasteiger charge is 2.76. The third kappa shape index (κ3) is 4.02. The lowest BCUT2D eigenvalue weighted by Gasteiger charge is -2.46. The Morgan fingerprint density at radius 3 is 2.80 bits per heavy atom. The topological polar surface area (TPSA) is 227 Å². The third-order valence-corrected chi connectivity index (χ3v) is 8.42. The van der Waals surface area contributed by atoms with Crippen molar-refractivity contribution in [3.63, 3.8) is 0 Å². The molecule has 1 fully saturated rings. The molecule has 1 spiro atoms. The highest BCUT2D eigenvalue weighted by molar-refractivity contribution is 5.98. The quantitative estimate of drug-likeness (QED) is 0.162. The first kappa shape index (κ1) is 26.7. The number of benzene rings is 1. The van der Waals surface area contributed by atoms with Crippen LogP contribution in [0.25, 0.3) is 0 Å². The molecule has 6 rings (SSSR count). The van der Waals surface area contributed by atoms with Gasteiger partial charge in [-0.25, -0.2) is 15.3 Å². The van der Waals surface area contributed by atoms with Crippen LogP contribution < -0.4 is 37.1 Å². The maximum Gasteiger partial charge on any atom is 0.343 e. The minimum absolute atomic E-state index is 0.0181. The standard InChI is InChI=1S/C26H32N10O5/c1-24(2)6-9-41-18-13(4-3-5-14(18)24)20(37)33-17-12-36-23(28)32-15(11-31-21(38)16-10-29-7-8-30-16)19-25(36,26(17,39)40)35-22(27)34-19/h3-5,7-8,10,15,17,19,39-40H,6,9,11-12H2,1-2H3,(H2,28,32)(H,31,38)(H,33,37)(H3,27,34,35)/p+1/t15-,17?,19-,25?/m0/s1. The Kier molecular flexibility index (Phi) is 6.04. The van der Waals surface area contributed by atoms with E-state index >= 15 is 0 Å². The SMILES string of the molecule is CC1(C)CCOc2c(C(=O)NC3CN4C(N)=N[C@@H](CNC(=O)c5cnccn5)[C@@H]5[NH+]=C(N)NC54C3(O)O)cccc21. The van der Waals surface area contributed by atoms with Gasteiger partial charge in [-0.15, -0.1) is 0 Å². The van der Waals surface area contributed by atoms with E-state index in [0.29, 0.717) is 17.9 Å². The van der Waals surface area contributed by atoms with E-state index < -0.39 is 41.4 Å². The van der Waals surface area contributed by atoms with Gasteiger partial charge in [0.1, 0.15) is 23.5 Å². The van der Waals surface area contributed by atoms with Crippen LogP contribution >= 0.6 is 0 Å². The van der Waals surface area contributed by atoms with E-state index in [4.69, 9.17) is 16.2 Å². The van der Waals surface area contributed by atoms with Crippen molar-refractivity contribution in [2.24, 2.45) is 16.5 Å². The second kappa shape index (κ2) is 9.27. The second-order valence-corrected chi connectivity index (χ2v) is 11.3. The van der Waals surface area contributed by atoms with Crippen molar-refractivity contribution in [3.05, 3.63) is 53.6 Å². The van der Waals surface area contributed by atoms with Crippen LogP contribution in [-0.4, -0.2) is 98.1 Å². The van der Waals surface area contributed by atoms with Crippen LogP contribution in [0.5, 0.6) is 5.75 Å². The molecule has 4 atom stereocenters. The average molecular weight is 566 g/mol. The number of amides is 2. The third-order valence-electron chi connectivity index (χ3n) is 8.42. The summed E-state index contributed by atoms with van der Waals surface area (Å²) in [5.41, 5.74) is 11.9. The molecular formula is C26H33N10O5+. The van der Waals surface area contributed by atoms with Crippen molar-refractivity contribution in [1.29, 1.82) is 0 Å². The number of hydrogen-bond donors (Lipinski definition) is 8. The van der Waals surface area contributed by atoms with Crippen LogP contribution in [-0.2, 0) is 5.41 Å². The molecule has 1 aromatic carbocycles. The van der Waals surface area contributed by atoms with Crippen molar-refractivity contribution >= 4 is 23.7 Å². The highest BCUT2D eigenvalue weighted by atomic mass is 16.5. The Balaban J connectivity index is 1.27. The number of para-hydroxylation sites is 1. The maximum atomic E-state index is 13.6. The lowest BCUT2D eigenvalue weighted by molar-refractivity contribution is -0.521. The van der Waals surface area contributed by atoms with Crippen LogP contribution in [0, 0.1) is 0 Å². The van der Waals surface area contributed by atoms with Crippen LogP contribution in [0.15, 0.2) is 41.8 Å². The smallest absolute Gasteiger partial charge is 0.343 e. The number of guanidine groups is 2. The van der Waals surface area contributed by atoms with Gasteiger partial charge in [0.15, 0.2) is 12.0 Å². The minimum Gasteiger partial charge on any atom is -0.492 e. The molecule has 1 saturated heterocycles. The molecule has 0 saturated carbocycles. The van der Waals surface area contributed by atoms with Crippen molar-refractivity contribution in [3.8, 4) is 5.75 Å². The molecule has 4 aliphatic rings.